The van der Waals surface area contributed by atoms with Crippen LogP contribution in [0.25, 0.3) is 0 Å². The number of nitrogens with zero attached hydrogens (tertiary/aromatic N) is 1. The van der Waals surface area contributed by atoms with Gasteiger partial charge in [0.25, 0.3) is 0 Å². The highest BCUT2D eigenvalue weighted by Crippen LogP contribution is 2.17. The summed E-state index contributed by atoms with van der Waals surface area (Å²) in [5.74, 6) is 2.32. The van der Waals surface area contributed by atoms with Crippen molar-refractivity contribution in [1.29, 1.82) is 0 Å². The summed E-state index contributed by atoms with van der Waals surface area (Å²) >= 11 is 0. The lowest BCUT2D eigenvalue weighted by atomic mass is 10.2. The predicted octanol–water partition coefficient (Wildman–Crippen LogP) is 2.98. The Morgan fingerprint density at radius 3 is 2.00 bits per heavy atom. The number of benzene rings is 2. The van der Waals surface area contributed by atoms with Gasteiger partial charge in [0.2, 0.25) is 0 Å². The molecule has 28 heavy (non-hydrogen) atoms. The summed E-state index contributed by atoms with van der Waals surface area (Å²) in [5.41, 5.74) is 1.17. The van der Waals surface area contributed by atoms with Crippen LogP contribution in [0.15, 0.2) is 48.5 Å². The number of ether oxygens (including phenoxy) is 4. The molecule has 154 valence electrons. The lowest BCUT2D eigenvalue weighted by Gasteiger charge is -2.25. The maximum absolute atomic E-state index is 10.5. The van der Waals surface area contributed by atoms with Gasteiger partial charge in [0.05, 0.1) is 14.2 Å². The molecule has 2 aromatic carbocycles. The number of hydrogen-bond acceptors (Lipinski definition) is 6. The molecule has 1 N–H and O–H groups in total. The van der Waals surface area contributed by atoms with Crippen LogP contribution in [-0.4, -0.2) is 63.7 Å². The molecule has 0 bridgehead atoms. The van der Waals surface area contributed by atoms with E-state index >= 15 is 0 Å². The fraction of sp³-hybridized carbons (Fsp3) is 0.455. The molecule has 0 fully saturated rings. The molecule has 6 nitrogen and oxygen atoms in total. The Bertz CT molecular complexity index is 660. The molecule has 0 aliphatic heterocycles. The number of aliphatic hydroxyl groups is 1. The number of rotatable bonds is 13. The molecule has 0 radical (unpaired) electrons. The van der Waals surface area contributed by atoms with E-state index in [1.807, 2.05) is 48.5 Å². The lowest BCUT2D eigenvalue weighted by molar-refractivity contribution is 0.0617. The normalized spacial score (nSPS) is 12.0. The Balaban J connectivity index is 1.87. The van der Waals surface area contributed by atoms with Crippen molar-refractivity contribution in [2.24, 2.45) is 0 Å². The second kappa shape index (κ2) is 12.2. The van der Waals surface area contributed by atoms with Crippen molar-refractivity contribution in [2.45, 2.75) is 19.1 Å². The van der Waals surface area contributed by atoms with Crippen molar-refractivity contribution in [3.8, 4) is 17.2 Å². The Kier molecular flexibility index (Phi) is 9.62. The molecule has 0 aliphatic rings. The van der Waals surface area contributed by atoms with Gasteiger partial charge in [-0.15, -0.1) is 0 Å². The number of methoxy groups -OCH3 is 3. The summed E-state index contributed by atoms with van der Waals surface area (Å²) < 4.78 is 21.2. The zero-order chi connectivity index (χ0) is 20.2. The SMILES string of the molecule is COCCCN(Cc1ccc(OC)cc1)C[C@@H](O)COc1ccc(OC)cc1. The first-order valence-corrected chi connectivity index (χ1v) is 9.43. The summed E-state index contributed by atoms with van der Waals surface area (Å²) in [6, 6.07) is 15.3. The van der Waals surface area contributed by atoms with E-state index in [-0.39, 0.29) is 6.61 Å². The zero-order valence-electron chi connectivity index (χ0n) is 17.0. The fourth-order valence-electron chi connectivity index (χ4n) is 2.87. The van der Waals surface area contributed by atoms with Crippen LogP contribution < -0.4 is 14.2 Å². The van der Waals surface area contributed by atoms with E-state index in [2.05, 4.69) is 4.90 Å². The van der Waals surface area contributed by atoms with E-state index in [0.29, 0.717) is 18.9 Å². The summed E-state index contributed by atoms with van der Waals surface area (Å²) in [5, 5.41) is 10.5. The van der Waals surface area contributed by atoms with Gasteiger partial charge in [0.15, 0.2) is 0 Å². The minimum Gasteiger partial charge on any atom is -0.497 e. The molecule has 0 spiro atoms. The van der Waals surface area contributed by atoms with Crippen molar-refractivity contribution >= 4 is 0 Å². The summed E-state index contributed by atoms with van der Waals surface area (Å²) in [6.45, 7) is 3.02. The van der Waals surface area contributed by atoms with Gasteiger partial charge >= 0.3 is 0 Å². The van der Waals surface area contributed by atoms with Gasteiger partial charge in [-0.1, -0.05) is 12.1 Å². The van der Waals surface area contributed by atoms with Crippen molar-refractivity contribution < 1.29 is 24.1 Å². The Morgan fingerprint density at radius 1 is 0.857 bits per heavy atom. The van der Waals surface area contributed by atoms with E-state index < -0.39 is 6.10 Å². The van der Waals surface area contributed by atoms with Gasteiger partial charge in [0, 0.05) is 33.4 Å². The predicted molar refractivity (Wildman–Crippen MR) is 109 cm³/mol. The van der Waals surface area contributed by atoms with Crippen LogP contribution >= 0.6 is 0 Å². The van der Waals surface area contributed by atoms with Crippen molar-refractivity contribution in [3.63, 3.8) is 0 Å². The van der Waals surface area contributed by atoms with Crippen LogP contribution in [0.1, 0.15) is 12.0 Å². The quantitative estimate of drug-likeness (QED) is 0.532. The monoisotopic (exact) mass is 389 g/mol. The highest BCUT2D eigenvalue weighted by atomic mass is 16.5. The Hall–Kier alpha value is -2.28. The van der Waals surface area contributed by atoms with Gasteiger partial charge in [-0.2, -0.15) is 0 Å². The third-order valence-electron chi connectivity index (χ3n) is 4.36. The Labute approximate surface area is 167 Å². The van der Waals surface area contributed by atoms with Crippen molar-refractivity contribution in [2.75, 3.05) is 47.6 Å². The minimum atomic E-state index is -0.595. The Morgan fingerprint density at radius 2 is 1.43 bits per heavy atom. The molecule has 1 atom stereocenters. The largest absolute Gasteiger partial charge is 0.497 e. The smallest absolute Gasteiger partial charge is 0.119 e. The minimum absolute atomic E-state index is 0.232. The van der Waals surface area contributed by atoms with Crippen LogP contribution in [0.4, 0.5) is 0 Å². The molecule has 0 heterocycles. The summed E-state index contributed by atoms with van der Waals surface area (Å²) in [4.78, 5) is 2.21. The number of hydrogen-bond donors (Lipinski definition) is 1. The highest BCUT2D eigenvalue weighted by molar-refractivity contribution is 5.31. The van der Waals surface area contributed by atoms with Crippen LogP contribution in [0.3, 0.4) is 0 Å². The molecule has 0 aromatic heterocycles. The molecule has 6 heteroatoms. The van der Waals surface area contributed by atoms with Gasteiger partial charge in [-0.25, -0.2) is 0 Å². The van der Waals surface area contributed by atoms with E-state index in [1.165, 1.54) is 5.56 Å². The van der Waals surface area contributed by atoms with Crippen LogP contribution in [0.5, 0.6) is 17.2 Å². The second-order valence-electron chi connectivity index (χ2n) is 6.57. The van der Waals surface area contributed by atoms with E-state index in [1.54, 1.807) is 21.3 Å². The van der Waals surface area contributed by atoms with E-state index in [0.717, 1.165) is 31.0 Å². The first-order chi connectivity index (χ1) is 13.6. The fourth-order valence-corrected chi connectivity index (χ4v) is 2.87. The molecule has 0 saturated carbocycles. The maximum Gasteiger partial charge on any atom is 0.119 e. The van der Waals surface area contributed by atoms with Gasteiger partial charge in [0.1, 0.15) is 30.0 Å². The van der Waals surface area contributed by atoms with Crippen molar-refractivity contribution in [1.82, 2.24) is 4.90 Å². The van der Waals surface area contributed by atoms with E-state index in [4.69, 9.17) is 18.9 Å². The topological polar surface area (TPSA) is 60.4 Å². The third-order valence-corrected chi connectivity index (χ3v) is 4.36. The first kappa shape index (κ1) is 22.0. The van der Waals surface area contributed by atoms with E-state index in [9.17, 15) is 5.11 Å². The average Bonchev–Trinajstić information content (AvgIpc) is 2.73. The second-order valence-corrected chi connectivity index (χ2v) is 6.57. The molecular formula is C22H31NO5. The standard InChI is InChI=1S/C22H31NO5/c1-25-14-4-13-23(15-18-5-7-20(26-2)8-6-18)16-19(24)17-28-22-11-9-21(27-3)10-12-22/h5-12,19,24H,4,13-17H2,1-3H3/t19-/m1/s1. The van der Waals surface area contributed by atoms with Gasteiger partial charge in [-0.05, 0) is 48.4 Å². The maximum atomic E-state index is 10.5. The highest BCUT2D eigenvalue weighted by Gasteiger charge is 2.13. The van der Waals surface area contributed by atoms with Gasteiger partial charge in [-0.3, -0.25) is 4.90 Å². The molecule has 0 amide bonds. The average molecular weight is 389 g/mol. The van der Waals surface area contributed by atoms with Crippen LogP contribution in [-0.2, 0) is 11.3 Å². The van der Waals surface area contributed by atoms with Gasteiger partial charge < -0.3 is 24.1 Å². The molecular weight excluding hydrogens is 358 g/mol. The zero-order valence-corrected chi connectivity index (χ0v) is 17.0. The summed E-state index contributed by atoms with van der Waals surface area (Å²) in [7, 11) is 4.98. The molecule has 0 unspecified atom stereocenters. The van der Waals surface area contributed by atoms with Crippen LogP contribution in [0.2, 0.25) is 0 Å². The lowest BCUT2D eigenvalue weighted by Crippen LogP contribution is -2.36. The molecule has 0 saturated heterocycles. The molecule has 2 aromatic rings. The first-order valence-electron chi connectivity index (χ1n) is 9.43. The number of aliphatic hydroxyl groups excluding tert-OH is 1. The summed E-state index contributed by atoms with van der Waals surface area (Å²) in [6.07, 6.45) is 0.307. The third kappa shape index (κ3) is 7.76. The molecule has 2 rings (SSSR count). The van der Waals surface area contributed by atoms with Crippen molar-refractivity contribution in [3.05, 3.63) is 54.1 Å². The molecule has 0 aliphatic carbocycles. The van der Waals surface area contributed by atoms with Crippen LogP contribution in [0, 0.1) is 0 Å².